The van der Waals surface area contributed by atoms with Gasteiger partial charge in [-0.2, -0.15) is 0 Å². The molecule has 0 bridgehead atoms. The van der Waals surface area contributed by atoms with Crippen LogP contribution in [0.15, 0.2) is 17.3 Å². The van der Waals surface area contributed by atoms with E-state index in [4.69, 9.17) is 4.74 Å². The maximum absolute atomic E-state index is 12.3. The summed E-state index contributed by atoms with van der Waals surface area (Å²) in [5.74, 6) is 1.42. The van der Waals surface area contributed by atoms with Gasteiger partial charge in [0.05, 0.1) is 0 Å². The van der Waals surface area contributed by atoms with Crippen molar-refractivity contribution in [3.05, 3.63) is 18.1 Å². The summed E-state index contributed by atoms with van der Waals surface area (Å²) in [6.07, 6.45) is 4.58. The number of fused-ring (bicyclic) bond motifs is 1. The molecule has 2 fully saturated rings. The summed E-state index contributed by atoms with van der Waals surface area (Å²) < 4.78 is 28.9. The molecule has 3 rings (SSSR count). The van der Waals surface area contributed by atoms with Crippen molar-refractivity contribution in [3.8, 4) is 0 Å². The Labute approximate surface area is 142 Å². The first-order valence-electron chi connectivity index (χ1n) is 8.03. The van der Waals surface area contributed by atoms with Crippen molar-refractivity contribution in [2.75, 3.05) is 6.26 Å². The average Bonchev–Trinajstić information content (AvgIpc) is 3.03. The third-order valence-electron chi connectivity index (χ3n) is 4.47. The van der Waals surface area contributed by atoms with Crippen LogP contribution in [0.4, 0.5) is 4.79 Å². The van der Waals surface area contributed by atoms with Crippen molar-refractivity contribution >= 4 is 15.9 Å². The maximum atomic E-state index is 12.3. The van der Waals surface area contributed by atoms with Gasteiger partial charge in [0, 0.05) is 12.5 Å². The van der Waals surface area contributed by atoms with E-state index in [1.807, 2.05) is 0 Å². The summed E-state index contributed by atoms with van der Waals surface area (Å²) in [4.78, 5) is 20.8. The fraction of sp³-hybridized carbons (Fsp3) is 0.688. The maximum Gasteiger partial charge on any atom is 0.408 e. The van der Waals surface area contributed by atoms with Crippen molar-refractivity contribution in [3.63, 3.8) is 0 Å². The van der Waals surface area contributed by atoms with Crippen molar-refractivity contribution in [1.82, 2.24) is 15.3 Å². The van der Waals surface area contributed by atoms with Gasteiger partial charge in [-0.3, -0.25) is 0 Å². The smallest absolute Gasteiger partial charge is 0.408 e. The lowest BCUT2D eigenvalue weighted by atomic mass is 9.92. The van der Waals surface area contributed by atoms with E-state index in [9.17, 15) is 13.2 Å². The van der Waals surface area contributed by atoms with E-state index in [0.29, 0.717) is 30.5 Å². The first-order valence-corrected chi connectivity index (χ1v) is 9.92. The minimum atomic E-state index is -3.44. The summed E-state index contributed by atoms with van der Waals surface area (Å²) in [7, 11) is -3.44. The van der Waals surface area contributed by atoms with E-state index in [1.165, 1.54) is 12.3 Å². The first kappa shape index (κ1) is 17.1. The molecule has 8 heteroatoms. The number of hydrogen-bond donors (Lipinski definition) is 1. The quantitative estimate of drug-likeness (QED) is 0.835. The molecule has 0 aliphatic heterocycles. The Hall–Kier alpha value is -1.70. The van der Waals surface area contributed by atoms with Crippen molar-refractivity contribution in [1.29, 1.82) is 0 Å². The van der Waals surface area contributed by atoms with E-state index in [-0.39, 0.29) is 5.03 Å². The largest absolute Gasteiger partial charge is 0.444 e. The van der Waals surface area contributed by atoms with Crippen molar-refractivity contribution in [2.24, 2.45) is 11.8 Å². The highest BCUT2D eigenvalue weighted by Crippen LogP contribution is 2.59. The summed E-state index contributed by atoms with van der Waals surface area (Å²) >= 11 is 0. The van der Waals surface area contributed by atoms with Crippen LogP contribution in [0.25, 0.3) is 0 Å². The molecule has 24 heavy (non-hydrogen) atoms. The molecule has 2 atom stereocenters. The molecule has 2 aliphatic carbocycles. The van der Waals surface area contributed by atoms with E-state index in [1.54, 1.807) is 20.8 Å². The van der Waals surface area contributed by atoms with Gasteiger partial charge in [-0.15, -0.1) is 0 Å². The number of rotatable bonds is 3. The van der Waals surface area contributed by atoms with Crippen LogP contribution < -0.4 is 5.32 Å². The number of carbonyl (C=O) groups excluding carboxylic acids is 1. The normalized spacial score (nSPS) is 29.0. The molecule has 0 saturated heterocycles. The minimum Gasteiger partial charge on any atom is -0.444 e. The van der Waals surface area contributed by atoms with Gasteiger partial charge >= 0.3 is 6.09 Å². The highest BCUT2D eigenvalue weighted by Gasteiger charge is 2.57. The molecule has 1 amide bonds. The molecular weight excluding hydrogens is 330 g/mol. The molecule has 2 unspecified atom stereocenters. The molecule has 7 nitrogen and oxygen atoms in total. The van der Waals surface area contributed by atoms with Crippen molar-refractivity contribution < 1.29 is 17.9 Å². The number of carbonyl (C=O) groups is 1. The van der Waals surface area contributed by atoms with Crippen molar-refractivity contribution in [2.45, 2.75) is 56.2 Å². The topological polar surface area (TPSA) is 98.2 Å². The SMILES string of the molecule is CC(C)(C)OC(=O)NC1(c2nccc(S(C)(=O)=O)n2)CC2CC2C1. The Balaban J connectivity index is 1.91. The lowest BCUT2D eigenvalue weighted by Crippen LogP contribution is -2.48. The number of amides is 1. The molecule has 0 aromatic carbocycles. The molecule has 2 aliphatic rings. The Morgan fingerprint density at radius 1 is 1.33 bits per heavy atom. The molecule has 0 radical (unpaired) electrons. The Morgan fingerprint density at radius 3 is 2.50 bits per heavy atom. The van der Waals surface area contributed by atoms with Crippen LogP contribution in [-0.2, 0) is 20.1 Å². The Morgan fingerprint density at radius 2 is 1.96 bits per heavy atom. The van der Waals surface area contributed by atoms with Crippen LogP contribution >= 0.6 is 0 Å². The van der Waals surface area contributed by atoms with Gasteiger partial charge in [-0.05, 0) is 57.9 Å². The average molecular weight is 353 g/mol. The van der Waals surface area contributed by atoms with Crippen LogP contribution in [0.1, 0.15) is 45.9 Å². The monoisotopic (exact) mass is 353 g/mol. The van der Waals surface area contributed by atoms with E-state index in [2.05, 4.69) is 15.3 Å². The molecule has 1 aromatic heterocycles. The van der Waals surface area contributed by atoms with Crippen LogP contribution in [0, 0.1) is 11.8 Å². The molecular formula is C16H23N3O4S. The minimum absolute atomic E-state index is 0.0292. The fourth-order valence-electron chi connectivity index (χ4n) is 3.41. The van der Waals surface area contributed by atoms with Gasteiger partial charge in [-0.1, -0.05) is 0 Å². The highest BCUT2D eigenvalue weighted by atomic mass is 32.2. The van der Waals surface area contributed by atoms with Crippen LogP contribution in [0.5, 0.6) is 0 Å². The lowest BCUT2D eigenvalue weighted by molar-refractivity contribution is 0.0439. The predicted molar refractivity (Wildman–Crippen MR) is 87.0 cm³/mol. The van der Waals surface area contributed by atoms with Crippen LogP contribution in [0.3, 0.4) is 0 Å². The zero-order chi connectivity index (χ0) is 17.8. The number of ether oxygens (including phenoxy) is 1. The molecule has 0 spiro atoms. The third-order valence-corrected chi connectivity index (χ3v) is 5.46. The lowest BCUT2D eigenvalue weighted by Gasteiger charge is -2.32. The number of nitrogens with one attached hydrogen (secondary N) is 1. The standard InChI is InChI=1S/C16H23N3O4S/c1-15(2,3)23-14(20)19-16(8-10-7-11(10)9-16)13-17-6-5-12(18-13)24(4,21)22/h5-6,10-11H,7-9H2,1-4H3,(H,19,20). The number of sulfone groups is 1. The summed E-state index contributed by atoms with van der Waals surface area (Å²) in [5, 5.41) is 2.89. The van der Waals surface area contributed by atoms with Gasteiger partial charge in [0.25, 0.3) is 0 Å². The van der Waals surface area contributed by atoms with Crippen LogP contribution in [0.2, 0.25) is 0 Å². The second kappa shape index (κ2) is 5.40. The molecule has 1 heterocycles. The molecule has 1 N–H and O–H groups in total. The molecule has 2 saturated carbocycles. The summed E-state index contributed by atoms with van der Waals surface area (Å²) in [6.45, 7) is 5.39. The number of alkyl carbamates (subject to hydrolysis) is 1. The Bertz CT molecular complexity index is 760. The van der Waals surface area contributed by atoms with E-state index in [0.717, 1.165) is 12.7 Å². The van der Waals surface area contributed by atoms with Gasteiger partial charge in [0.15, 0.2) is 20.7 Å². The van der Waals surface area contributed by atoms with Gasteiger partial charge in [-0.25, -0.2) is 23.2 Å². The zero-order valence-electron chi connectivity index (χ0n) is 14.4. The fourth-order valence-corrected chi connectivity index (χ4v) is 3.97. The zero-order valence-corrected chi connectivity index (χ0v) is 15.2. The number of hydrogen-bond acceptors (Lipinski definition) is 6. The third kappa shape index (κ3) is 3.53. The second-order valence-electron chi connectivity index (χ2n) is 7.86. The van der Waals surface area contributed by atoms with E-state index < -0.39 is 27.1 Å². The predicted octanol–water partition coefficient (Wildman–Crippen LogP) is 2.03. The molecule has 1 aromatic rings. The van der Waals surface area contributed by atoms with Gasteiger partial charge < -0.3 is 10.1 Å². The second-order valence-corrected chi connectivity index (χ2v) is 9.83. The van der Waals surface area contributed by atoms with Gasteiger partial charge in [0.1, 0.15) is 11.1 Å². The number of nitrogens with zero attached hydrogens (tertiary/aromatic N) is 2. The van der Waals surface area contributed by atoms with Crippen LogP contribution in [-0.4, -0.2) is 36.3 Å². The Kier molecular flexibility index (Phi) is 3.86. The first-order chi connectivity index (χ1) is 11.0. The number of aromatic nitrogens is 2. The van der Waals surface area contributed by atoms with Gasteiger partial charge in [0.2, 0.25) is 0 Å². The summed E-state index contributed by atoms with van der Waals surface area (Å²) in [6, 6.07) is 1.37. The molecule has 132 valence electrons. The van der Waals surface area contributed by atoms with E-state index >= 15 is 0 Å². The highest BCUT2D eigenvalue weighted by molar-refractivity contribution is 7.90. The summed E-state index contributed by atoms with van der Waals surface area (Å²) in [5.41, 5.74) is -1.36.